The van der Waals surface area contributed by atoms with Crippen molar-refractivity contribution in [2.45, 2.75) is 194 Å². The number of guanidine groups is 1. The Labute approximate surface area is 798 Å². The van der Waals surface area contributed by atoms with E-state index in [1.807, 2.05) is 0 Å². The predicted octanol–water partition coefficient (Wildman–Crippen LogP) is -6.08. The number of aromatic hydroxyl groups is 1. The first kappa shape index (κ1) is 109. The summed E-state index contributed by atoms with van der Waals surface area (Å²) in [4.78, 5) is 273. The number of rotatable bonds is 58. The third-order valence-electron chi connectivity index (χ3n) is 21.6. The molecule has 137 heavy (non-hydrogen) atoms. The highest BCUT2D eigenvalue weighted by atomic mass is 32.2. The fraction of sp³-hybridized carbons (Fsp3) is 0.425. The number of phenolic OH excluding ortho intramolecular Hbond substituents is 1. The maximum Gasteiger partial charge on any atom is 0.303 e. The van der Waals surface area contributed by atoms with E-state index in [0.29, 0.717) is 55.2 Å². The number of amides is 18. The lowest BCUT2D eigenvalue weighted by Gasteiger charge is -2.29. The van der Waals surface area contributed by atoms with Crippen molar-refractivity contribution in [2.24, 2.45) is 28.7 Å². The average Bonchev–Trinajstić information content (AvgIpc) is 1.70. The molecule has 18 amide bonds. The van der Waals surface area contributed by atoms with E-state index in [4.69, 9.17) is 34.1 Å². The average molecular weight is 1960 g/mol. The minimum absolute atomic E-state index is 0.0315. The summed E-state index contributed by atoms with van der Waals surface area (Å²) in [5, 5.41) is 88.1. The van der Waals surface area contributed by atoms with E-state index in [1.54, 1.807) is 79.1 Å². The maximum atomic E-state index is 15.7. The molecule has 0 unspecified atom stereocenters. The number of carboxylic acids is 1. The third kappa shape index (κ3) is 34.7. The van der Waals surface area contributed by atoms with Crippen molar-refractivity contribution < 1.29 is 112 Å². The van der Waals surface area contributed by atoms with E-state index in [2.05, 4.69) is 120 Å². The van der Waals surface area contributed by atoms with E-state index in [1.165, 1.54) is 54.6 Å². The van der Waals surface area contributed by atoms with E-state index < -0.39 is 286 Å². The molecule has 0 aliphatic heterocycles. The Morgan fingerprint density at radius 1 is 0.401 bits per heavy atom. The number of nitrogens with one attached hydrogen (secondary N) is 19. The Balaban J connectivity index is 1.19. The van der Waals surface area contributed by atoms with Gasteiger partial charge in [0.15, 0.2) is 5.96 Å². The minimum Gasteiger partial charge on any atom is -0.508 e. The lowest BCUT2D eigenvalue weighted by Crippen LogP contribution is -2.62. The molecule has 0 saturated heterocycles. The normalized spacial score (nSPS) is 14.4. The van der Waals surface area contributed by atoms with Crippen LogP contribution in [0, 0.1) is 5.41 Å². The fourth-order valence-corrected chi connectivity index (χ4v) is 15.4. The number of aliphatic hydroxyl groups excluding tert-OH is 2. The number of para-hydroxylation sites is 3. The zero-order valence-corrected chi connectivity index (χ0v) is 77.4. The molecule has 0 bridgehead atoms. The molecule has 15 atom stereocenters. The number of phenols is 1. The van der Waals surface area contributed by atoms with Crippen molar-refractivity contribution in [3.05, 3.63) is 138 Å². The molecule has 0 saturated carbocycles. The number of aliphatic carboxylic acids is 1. The van der Waals surface area contributed by atoms with E-state index >= 15 is 24.0 Å². The highest BCUT2D eigenvalue weighted by molar-refractivity contribution is 7.98. The fourth-order valence-electron chi connectivity index (χ4n) is 14.4. The van der Waals surface area contributed by atoms with Gasteiger partial charge in [0.1, 0.15) is 90.3 Å². The molecule has 0 fully saturated rings. The SMILES string of the molecule is CSCC[C@H](NC(=O)[C@H](CCC(N)=O)NC(=O)[C@H](CO)NC(=O)[C@H](CC(N)=O)NC(=O)[C@H](CCC(=O)O)NC(=O)[C@H](Cc1c[nH]c2ccccc12)NC(=O)[C@H](Cc1c[nH]c2ccccc12)NC(=O)[C@H](Cc1ccc(O)cc1)NC(=O)[C@H](CS)NC(=O)[C@H](CCC(N)=O)NC(=O)[C@H](Cc1c[nH]c2ccccc12)NC(=O)[C@@H](NC(=O)[C@H](CCCNC(=N)N)NC(=O)[C@H](CS)NC(C)=O)[C@@H](C)O)C(N)=O. The molecule has 0 radical (unpaired) electrons. The quantitative estimate of drug-likeness (QED) is 0.00730. The second-order valence-electron chi connectivity index (χ2n) is 32.1. The molecule has 0 aliphatic rings. The van der Waals surface area contributed by atoms with E-state index in [0.717, 1.165) is 13.8 Å². The molecule has 4 aromatic carbocycles. The van der Waals surface area contributed by atoms with Crippen LogP contribution in [-0.2, 0) is 117 Å². The lowest BCUT2D eigenvalue weighted by atomic mass is 10.00. The Bertz CT molecular complexity index is 5500. The van der Waals surface area contributed by atoms with Crippen molar-refractivity contribution in [1.29, 1.82) is 5.41 Å². The summed E-state index contributed by atoms with van der Waals surface area (Å²) < 4.78 is 0. The van der Waals surface area contributed by atoms with Gasteiger partial charge in [-0.1, -0.05) is 66.7 Å². The summed E-state index contributed by atoms with van der Waals surface area (Å²) in [6.45, 7) is 1.08. The molecular formula is C87H116N24O23S3. The lowest BCUT2D eigenvalue weighted by molar-refractivity contribution is -0.139. The predicted molar refractivity (Wildman–Crippen MR) is 506 cm³/mol. The second-order valence-corrected chi connectivity index (χ2v) is 33.8. The number of carbonyl (C=O) groups is 19. The number of carbonyl (C=O) groups excluding carboxylic acids is 18. The second kappa shape index (κ2) is 54.1. The molecule has 47 nitrogen and oxygen atoms in total. The van der Waals surface area contributed by atoms with Crippen LogP contribution in [0.2, 0.25) is 0 Å². The van der Waals surface area contributed by atoms with E-state index in [-0.39, 0.29) is 49.3 Å². The molecule has 0 spiro atoms. The van der Waals surface area contributed by atoms with Gasteiger partial charge < -0.3 is 144 Å². The summed E-state index contributed by atoms with van der Waals surface area (Å²) in [6, 6.07) is 1.19. The summed E-state index contributed by atoms with van der Waals surface area (Å²) in [5.74, 6) is -22.4. The van der Waals surface area contributed by atoms with Crippen molar-refractivity contribution in [1.82, 2.24) is 94.7 Å². The Hall–Kier alpha value is -14.5. The van der Waals surface area contributed by atoms with Crippen LogP contribution in [0.5, 0.6) is 5.75 Å². The summed E-state index contributed by atoms with van der Waals surface area (Å²) in [5.41, 5.74) is 30.5. The number of aromatic amines is 3. The third-order valence-corrected chi connectivity index (χ3v) is 23.0. The van der Waals surface area contributed by atoms with E-state index in [9.17, 15) is 87.5 Å². The first-order valence-corrected chi connectivity index (χ1v) is 45.8. The molecule has 0 aliphatic carbocycles. The van der Waals surface area contributed by atoms with Gasteiger partial charge in [0.25, 0.3) is 0 Å². The molecule has 50 heteroatoms. The van der Waals surface area contributed by atoms with Crippen LogP contribution in [0.1, 0.15) is 100 Å². The van der Waals surface area contributed by atoms with Crippen molar-refractivity contribution in [3.63, 3.8) is 0 Å². The van der Waals surface area contributed by atoms with Gasteiger partial charge in [-0.15, -0.1) is 0 Å². The van der Waals surface area contributed by atoms with Crippen LogP contribution in [0.15, 0.2) is 116 Å². The van der Waals surface area contributed by atoms with Crippen LogP contribution in [0.25, 0.3) is 32.7 Å². The van der Waals surface area contributed by atoms with Gasteiger partial charge >= 0.3 is 5.97 Å². The van der Waals surface area contributed by atoms with Crippen molar-refractivity contribution in [3.8, 4) is 5.75 Å². The summed E-state index contributed by atoms with van der Waals surface area (Å²) in [6.07, 6.45) is -2.08. The topological polar surface area (TPSA) is 787 Å². The number of carboxylic acid groups (broad SMARTS) is 1. The zero-order chi connectivity index (χ0) is 101. The first-order chi connectivity index (χ1) is 65.1. The van der Waals surface area contributed by atoms with Gasteiger partial charge in [0.05, 0.1) is 19.1 Å². The number of aromatic nitrogens is 3. The largest absolute Gasteiger partial charge is 0.508 e. The van der Waals surface area contributed by atoms with Crippen LogP contribution >= 0.6 is 37.0 Å². The van der Waals surface area contributed by atoms with Crippen molar-refractivity contribution >= 4 is 188 Å². The van der Waals surface area contributed by atoms with Crippen LogP contribution in [0.3, 0.4) is 0 Å². The van der Waals surface area contributed by atoms with Gasteiger partial charge in [-0.3, -0.25) is 96.5 Å². The summed E-state index contributed by atoms with van der Waals surface area (Å²) >= 11 is 9.86. The molecule has 33 N–H and O–H groups in total. The number of thioether (sulfide) groups is 1. The van der Waals surface area contributed by atoms with Crippen LogP contribution in [0.4, 0.5) is 0 Å². The number of hydrogen-bond acceptors (Lipinski definition) is 26. The molecule has 3 heterocycles. The highest BCUT2D eigenvalue weighted by Gasteiger charge is 2.40. The Morgan fingerprint density at radius 3 is 1.12 bits per heavy atom. The molecule has 3 aromatic heterocycles. The molecular weight excluding hydrogens is 1850 g/mol. The number of H-pyrrole nitrogens is 3. The van der Waals surface area contributed by atoms with Gasteiger partial charge in [-0.25, -0.2) is 0 Å². The van der Waals surface area contributed by atoms with Crippen LogP contribution < -0.4 is 108 Å². The number of thiol groups is 2. The number of fused-ring (bicyclic) bond motifs is 3. The number of hydrogen-bond donors (Lipinski definition) is 30. The Morgan fingerprint density at radius 2 is 0.737 bits per heavy atom. The maximum absolute atomic E-state index is 15.7. The van der Waals surface area contributed by atoms with Gasteiger partial charge in [-0.05, 0) is 110 Å². The Kier molecular flexibility index (Phi) is 43.3. The summed E-state index contributed by atoms with van der Waals surface area (Å²) in [7, 11) is 0. The smallest absolute Gasteiger partial charge is 0.303 e. The monoisotopic (exact) mass is 1960 g/mol. The number of aliphatic hydroxyl groups is 2. The minimum atomic E-state index is -2.10. The number of benzene rings is 4. The van der Waals surface area contributed by atoms with Gasteiger partial charge in [-0.2, -0.15) is 37.0 Å². The first-order valence-electron chi connectivity index (χ1n) is 43.2. The number of primary amides is 4. The number of nitrogens with two attached hydrogens (primary N) is 5. The standard InChI is InChI=1S/C87H116N24O23S3/c1-42(113)72(111-77(125)56(17-10-29-94-87(92)93)100-84(132)66(40-135)98-43(2)114)86(134)108-63(34-47-38-97-54-16-9-6-13-51(47)54)80(128)101-58(23-26-69(89)117)76(124)110-67(41-136)85(133)104-60(31-44-18-20-48(115)21-19-44)78(126)105-62(33-46-37-96-53-15-8-5-12-50(46)53)81(129)106-61(32-45-36-95-52-14-7-4-11-49(45)52)79(127)102-59(24-27-71(119)120)75(123)107-64(35-70(90)118)82(130)109-65(39-112)83(131)103-57(22-25-68(88)116)74(122)99-55(73(91)121)28-30-137-3/h4-9,11-16,18-21,36-38,42,55-67,72,95-97,112-113,115,135-136H,10,17,22-35,39-41H2,1-3H3,(H2,88,116)(H2,89,117)(H2,90,118)(H2,91,121)(H,98,114)(H,99,122)(H,100,132)(H,101,128)(H,102,127)(H,103,131)(H,104,133)(H,105,126)(H,106,129)(H,107,123)(H,108,134)(H,109,130)(H,110,124)(H,111,125)(H,119,120)(H4,92,93,94)/t42-,55+,56+,57+,58+,59+,60+,61+,62+,63+,64+,65+,66+,67+,72+/m1/s1. The zero-order valence-electron chi connectivity index (χ0n) is 74.8. The molecule has 740 valence electrons. The molecule has 7 aromatic rings. The van der Waals surface area contributed by atoms with Crippen molar-refractivity contribution in [2.75, 3.05) is 36.7 Å². The van der Waals surface area contributed by atoms with Gasteiger partial charge in [0.2, 0.25) is 106 Å². The molecule has 7 rings (SSSR count). The van der Waals surface area contributed by atoms with Gasteiger partial charge in [0, 0.05) is 121 Å². The van der Waals surface area contributed by atoms with Crippen LogP contribution in [-0.4, -0.2) is 281 Å². The highest BCUT2D eigenvalue weighted by Crippen LogP contribution is 2.25.